The molecule has 1 atom stereocenters. The molecule has 0 saturated carbocycles. The molecular formula is C16H24N2O. The zero-order valence-electron chi connectivity index (χ0n) is 11.7. The Balaban J connectivity index is 1.96. The molecule has 1 unspecified atom stereocenters. The van der Waals surface area contributed by atoms with E-state index in [1.807, 2.05) is 30.3 Å². The van der Waals surface area contributed by atoms with E-state index in [1.165, 1.54) is 0 Å². The van der Waals surface area contributed by atoms with Gasteiger partial charge in [-0.1, -0.05) is 43.7 Å². The standard InChI is InChI=1S/C16H24N2O/c1-2-9-16(10-6-11-17-13-16)15(19)18-12-14-7-4-3-5-8-14/h3-5,7-8,17H,2,6,9-13H2,1H3,(H,18,19). The van der Waals surface area contributed by atoms with Gasteiger partial charge < -0.3 is 10.6 Å². The number of nitrogens with one attached hydrogen (secondary N) is 2. The first-order valence-corrected chi connectivity index (χ1v) is 7.30. The lowest BCUT2D eigenvalue weighted by atomic mass is 9.76. The molecule has 1 amide bonds. The predicted octanol–water partition coefficient (Wildman–Crippen LogP) is 2.47. The smallest absolute Gasteiger partial charge is 0.227 e. The highest BCUT2D eigenvalue weighted by molar-refractivity contribution is 5.83. The van der Waals surface area contributed by atoms with E-state index in [9.17, 15) is 4.79 Å². The first-order valence-electron chi connectivity index (χ1n) is 7.30. The molecule has 0 aliphatic carbocycles. The van der Waals surface area contributed by atoms with Crippen LogP contribution in [0.1, 0.15) is 38.2 Å². The molecule has 1 aliphatic heterocycles. The lowest BCUT2D eigenvalue weighted by Crippen LogP contribution is -2.50. The SMILES string of the molecule is CCCC1(C(=O)NCc2ccccc2)CCCNC1. The maximum Gasteiger partial charge on any atom is 0.227 e. The average Bonchev–Trinajstić information content (AvgIpc) is 2.47. The Labute approximate surface area is 115 Å². The number of carbonyl (C=O) groups is 1. The van der Waals surface area contributed by atoms with E-state index in [1.54, 1.807) is 0 Å². The minimum Gasteiger partial charge on any atom is -0.352 e. The van der Waals surface area contributed by atoms with Crippen molar-refractivity contribution in [2.24, 2.45) is 5.41 Å². The Bertz CT molecular complexity index is 391. The summed E-state index contributed by atoms with van der Waals surface area (Å²) in [6.07, 6.45) is 4.13. The molecular weight excluding hydrogens is 236 g/mol. The molecule has 1 aromatic carbocycles. The van der Waals surface area contributed by atoms with Crippen LogP contribution in [0.2, 0.25) is 0 Å². The first-order chi connectivity index (χ1) is 9.27. The molecule has 1 heterocycles. The van der Waals surface area contributed by atoms with Gasteiger partial charge in [-0.2, -0.15) is 0 Å². The van der Waals surface area contributed by atoms with Gasteiger partial charge in [0.1, 0.15) is 0 Å². The molecule has 1 aliphatic rings. The van der Waals surface area contributed by atoms with Crippen LogP contribution in [0.5, 0.6) is 0 Å². The van der Waals surface area contributed by atoms with Gasteiger partial charge in [0, 0.05) is 13.1 Å². The summed E-state index contributed by atoms with van der Waals surface area (Å²) in [6, 6.07) is 10.1. The molecule has 2 rings (SSSR count). The van der Waals surface area contributed by atoms with E-state index in [2.05, 4.69) is 17.6 Å². The second-order valence-corrected chi connectivity index (χ2v) is 5.48. The summed E-state index contributed by atoms with van der Waals surface area (Å²) in [6.45, 7) is 4.64. The van der Waals surface area contributed by atoms with Gasteiger partial charge in [-0.25, -0.2) is 0 Å². The summed E-state index contributed by atoms with van der Waals surface area (Å²) < 4.78 is 0. The van der Waals surface area contributed by atoms with Crippen LogP contribution in [0, 0.1) is 5.41 Å². The Morgan fingerprint density at radius 3 is 2.79 bits per heavy atom. The van der Waals surface area contributed by atoms with Gasteiger partial charge in [0.25, 0.3) is 0 Å². The summed E-state index contributed by atoms with van der Waals surface area (Å²) >= 11 is 0. The Morgan fingerprint density at radius 1 is 1.37 bits per heavy atom. The van der Waals surface area contributed by atoms with Gasteiger partial charge in [-0.05, 0) is 31.4 Å². The highest BCUT2D eigenvalue weighted by atomic mass is 16.2. The van der Waals surface area contributed by atoms with Crippen LogP contribution < -0.4 is 10.6 Å². The second-order valence-electron chi connectivity index (χ2n) is 5.48. The van der Waals surface area contributed by atoms with Gasteiger partial charge in [0.05, 0.1) is 5.41 Å². The molecule has 2 N–H and O–H groups in total. The molecule has 1 fully saturated rings. The van der Waals surface area contributed by atoms with E-state index in [0.29, 0.717) is 6.54 Å². The minimum atomic E-state index is -0.193. The van der Waals surface area contributed by atoms with Crippen molar-refractivity contribution >= 4 is 5.91 Å². The molecule has 0 aromatic heterocycles. The zero-order valence-corrected chi connectivity index (χ0v) is 11.7. The van der Waals surface area contributed by atoms with Gasteiger partial charge in [-0.3, -0.25) is 4.79 Å². The topological polar surface area (TPSA) is 41.1 Å². The van der Waals surface area contributed by atoms with Crippen molar-refractivity contribution in [3.63, 3.8) is 0 Å². The van der Waals surface area contributed by atoms with Gasteiger partial charge in [0.15, 0.2) is 0 Å². The summed E-state index contributed by atoms with van der Waals surface area (Å²) in [7, 11) is 0. The third kappa shape index (κ3) is 3.57. The van der Waals surface area contributed by atoms with Gasteiger partial charge >= 0.3 is 0 Å². The van der Waals surface area contributed by atoms with E-state index in [0.717, 1.165) is 44.3 Å². The third-order valence-corrected chi connectivity index (χ3v) is 3.98. The molecule has 19 heavy (non-hydrogen) atoms. The number of piperidine rings is 1. The molecule has 0 radical (unpaired) electrons. The fourth-order valence-electron chi connectivity index (χ4n) is 2.93. The molecule has 1 saturated heterocycles. The number of benzene rings is 1. The van der Waals surface area contributed by atoms with Crippen molar-refractivity contribution in [1.29, 1.82) is 0 Å². The highest BCUT2D eigenvalue weighted by Gasteiger charge is 2.38. The molecule has 1 aromatic rings. The predicted molar refractivity (Wildman–Crippen MR) is 77.7 cm³/mol. The lowest BCUT2D eigenvalue weighted by Gasteiger charge is -2.36. The summed E-state index contributed by atoms with van der Waals surface area (Å²) in [4.78, 5) is 12.5. The van der Waals surface area contributed by atoms with Crippen molar-refractivity contribution in [2.45, 2.75) is 39.2 Å². The van der Waals surface area contributed by atoms with Crippen molar-refractivity contribution in [1.82, 2.24) is 10.6 Å². The summed E-state index contributed by atoms with van der Waals surface area (Å²) in [5.74, 6) is 0.213. The minimum absolute atomic E-state index is 0.193. The van der Waals surface area contributed by atoms with Crippen LogP contribution in [-0.2, 0) is 11.3 Å². The highest BCUT2D eigenvalue weighted by Crippen LogP contribution is 2.31. The second kappa shape index (κ2) is 6.71. The van der Waals surface area contributed by atoms with E-state index in [4.69, 9.17) is 0 Å². The van der Waals surface area contributed by atoms with Gasteiger partial charge in [0.2, 0.25) is 5.91 Å². The Hall–Kier alpha value is -1.35. The van der Waals surface area contributed by atoms with Crippen molar-refractivity contribution in [2.75, 3.05) is 13.1 Å². The third-order valence-electron chi connectivity index (χ3n) is 3.98. The van der Waals surface area contributed by atoms with E-state index >= 15 is 0 Å². The lowest BCUT2D eigenvalue weighted by molar-refractivity contribution is -0.132. The van der Waals surface area contributed by atoms with Crippen LogP contribution in [0.3, 0.4) is 0 Å². The maximum atomic E-state index is 12.5. The largest absolute Gasteiger partial charge is 0.352 e. The van der Waals surface area contributed by atoms with E-state index in [-0.39, 0.29) is 11.3 Å². The zero-order chi connectivity index (χ0) is 13.6. The van der Waals surface area contributed by atoms with Crippen LogP contribution in [-0.4, -0.2) is 19.0 Å². The maximum absolute atomic E-state index is 12.5. The average molecular weight is 260 g/mol. The quantitative estimate of drug-likeness (QED) is 0.854. The molecule has 3 nitrogen and oxygen atoms in total. The molecule has 3 heteroatoms. The number of hydrogen-bond acceptors (Lipinski definition) is 2. The van der Waals surface area contributed by atoms with E-state index < -0.39 is 0 Å². The normalized spacial score (nSPS) is 23.0. The van der Waals surface area contributed by atoms with Crippen molar-refractivity contribution < 1.29 is 4.79 Å². The Morgan fingerprint density at radius 2 is 2.16 bits per heavy atom. The molecule has 104 valence electrons. The Kier molecular flexibility index (Phi) is 4.97. The monoisotopic (exact) mass is 260 g/mol. The fourth-order valence-corrected chi connectivity index (χ4v) is 2.93. The fraction of sp³-hybridized carbons (Fsp3) is 0.562. The van der Waals surface area contributed by atoms with Crippen molar-refractivity contribution in [3.8, 4) is 0 Å². The molecule has 0 bridgehead atoms. The van der Waals surface area contributed by atoms with Gasteiger partial charge in [-0.15, -0.1) is 0 Å². The summed E-state index contributed by atoms with van der Waals surface area (Å²) in [5.41, 5.74) is 0.966. The van der Waals surface area contributed by atoms with Crippen LogP contribution in [0.15, 0.2) is 30.3 Å². The number of rotatable bonds is 5. The number of hydrogen-bond donors (Lipinski definition) is 2. The molecule has 0 spiro atoms. The van der Waals surface area contributed by atoms with Crippen LogP contribution in [0.4, 0.5) is 0 Å². The van der Waals surface area contributed by atoms with Crippen LogP contribution in [0.25, 0.3) is 0 Å². The number of carbonyl (C=O) groups excluding carboxylic acids is 1. The van der Waals surface area contributed by atoms with Crippen LogP contribution >= 0.6 is 0 Å². The summed E-state index contributed by atoms with van der Waals surface area (Å²) in [5, 5.41) is 6.49. The first kappa shape index (κ1) is 14.1. The van der Waals surface area contributed by atoms with Crippen molar-refractivity contribution in [3.05, 3.63) is 35.9 Å². The number of amides is 1.